The molecule has 0 fully saturated rings. The lowest BCUT2D eigenvalue weighted by Crippen LogP contribution is -2.13. The highest BCUT2D eigenvalue weighted by Gasteiger charge is 2.23. The van der Waals surface area contributed by atoms with Crippen molar-refractivity contribution in [2.45, 2.75) is 25.2 Å². The summed E-state index contributed by atoms with van der Waals surface area (Å²) in [6.07, 6.45) is 3.36. The van der Waals surface area contributed by atoms with Gasteiger partial charge in [-0.25, -0.2) is 0 Å². The Morgan fingerprint density at radius 1 is 0.750 bits per heavy atom. The van der Waals surface area contributed by atoms with Gasteiger partial charge in [0.15, 0.2) is 11.5 Å². The maximum absolute atomic E-state index is 5.53. The van der Waals surface area contributed by atoms with E-state index >= 15 is 0 Å². The van der Waals surface area contributed by atoms with Gasteiger partial charge in [-0.1, -0.05) is 54.6 Å². The number of hydrogen-bond acceptors (Lipinski definition) is 2. The first-order valence-corrected chi connectivity index (χ1v) is 9.92. The van der Waals surface area contributed by atoms with Crippen molar-refractivity contribution in [3.8, 4) is 11.5 Å². The van der Waals surface area contributed by atoms with Crippen LogP contribution in [-0.2, 0) is 12.8 Å². The lowest BCUT2D eigenvalue weighted by atomic mass is 9.78. The summed E-state index contributed by atoms with van der Waals surface area (Å²) in [6, 6.07) is 24.3. The molecule has 1 unspecified atom stereocenters. The molecule has 0 bridgehead atoms. The summed E-state index contributed by atoms with van der Waals surface area (Å²) in [5, 5.41) is 5.42. The van der Waals surface area contributed by atoms with Crippen LogP contribution in [0.4, 0.5) is 0 Å². The second-order valence-corrected chi connectivity index (χ2v) is 7.64. The van der Waals surface area contributed by atoms with E-state index in [4.69, 9.17) is 9.47 Å². The molecule has 1 atom stereocenters. The molecule has 28 heavy (non-hydrogen) atoms. The summed E-state index contributed by atoms with van der Waals surface area (Å²) in [6.45, 7) is 0. The molecule has 1 aliphatic carbocycles. The van der Waals surface area contributed by atoms with Gasteiger partial charge in [0.05, 0.1) is 14.2 Å². The third-order valence-electron chi connectivity index (χ3n) is 6.23. The predicted molar refractivity (Wildman–Crippen MR) is 116 cm³/mol. The van der Waals surface area contributed by atoms with Gasteiger partial charge in [0, 0.05) is 0 Å². The van der Waals surface area contributed by atoms with Gasteiger partial charge in [-0.05, 0) is 75.5 Å². The van der Waals surface area contributed by atoms with Gasteiger partial charge in [-0.3, -0.25) is 0 Å². The van der Waals surface area contributed by atoms with Crippen LogP contribution >= 0.6 is 0 Å². The minimum absolute atomic E-state index is 0.504. The molecular formula is C26H24O2. The summed E-state index contributed by atoms with van der Waals surface area (Å²) in [5.74, 6) is 2.11. The van der Waals surface area contributed by atoms with E-state index in [0.29, 0.717) is 5.92 Å². The molecule has 0 radical (unpaired) electrons. The van der Waals surface area contributed by atoms with Crippen LogP contribution in [0.15, 0.2) is 66.7 Å². The van der Waals surface area contributed by atoms with E-state index in [0.717, 1.165) is 24.3 Å². The van der Waals surface area contributed by atoms with Crippen molar-refractivity contribution in [2.75, 3.05) is 14.2 Å². The first-order chi connectivity index (χ1) is 13.8. The largest absolute Gasteiger partial charge is 0.493 e. The molecule has 2 nitrogen and oxygen atoms in total. The smallest absolute Gasteiger partial charge is 0.160 e. The summed E-state index contributed by atoms with van der Waals surface area (Å²) in [7, 11) is 3.39. The number of benzene rings is 4. The number of ether oxygens (including phenoxy) is 2. The Kier molecular flexibility index (Phi) is 4.20. The molecule has 0 saturated heterocycles. The highest BCUT2D eigenvalue weighted by atomic mass is 16.5. The standard InChI is InChI=1S/C26H24O2/c1-27-25-14-11-20(16-26(25)28-2)19-8-7-18-10-12-22-21-6-4-3-5-17(21)9-13-23(22)24(18)15-19/h3-6,9-14,16,19H,7-8,15H2,1-2H3. The van der Waals surface area contributed by atoms with Gasteiger partial charge in [0.25, 0.3) is 0 Å². The fourth-order valence-electron chi connectivity index (χ4n) is 4.74. The van der Waals surface area contributed by atoms with Crippen LogP contribution in [-0.4, -0.2) is 14.2 Å². The molecule has 140 valence electrons. The highest BCUT2D eigenvalue weighted by molar-refractivity contribution is 6.08. The quantitative estimate of drug-likeness (QED) is 0.396. The molecule has 4 aromatic carbocycles. The molecule has 1 aliphatic rings. The maximum Gasteiger partial charge on any atom is 0.160 e. The fraction of sp³-hybridized carbons (Fsp3) is 0.231. The van der Waals surface area contributed by atoms with Crippen molar-refractivity contribution in [3.63, 3.8) is 0 Å². The van der Waals surface area contributed by atoms with Crippen LogP contribution in [0.3, 0.4) is 0 Å². The average Bonchev–Trinajstić information content (AvgIpc) is 2.77. The van der Waals surface area contributed by atoms with Crippen LogP contribution in [0.2, 0.25) is 0 Å². The Hall–Kier alpha value is -3.00. The summed E-state index contributed by atoms with van der Waals surface area (Å²) in [4.78, 5) is 0. The summed E-state index contributed by atoms with van der Waals surface area (Å²) in [5.41, 5.74) is 4.34. The molecular weight excluding hydrogens is 344 g/mol. The molecule has 0 heterocycles. The van der Waals surface area contributed by atoms with Gasteiger partial charge in [0.1, 0.15) is 0 Å². The molecule has 0 aliphatic heterocycles. The molecule has 0 N–H and O–H groups in total. The molecule has 0 saturated carbocycles. The molecule has 4 aromatic rings. The van der Waals surface area contributed by atoms with Crippen LogP contribution in [0, 0.1) is 0 Å². The van der Waals surface area contributed by atoms with Crippen LogP contribution in [0.5, 0.6) is 11.5 Å². The van der Waals surface area contributed by atoms with E-state index in [1.54, 1.807) is 14.2 Å². The SMILES string of the molecule is COc1ccc(C2CCc3ccc4c(ccc5ccccc54)c3C2)cc1OC. The Balaban J connectivity index is 1.59. The van der Waals surface area contributed by atoms with E-state index < -0.39 is 0 Å². The average molecular weight is 368 g/mol. The van der Waals surface area contributed by atoms with E-state index in [2.05, 4.69) is 60.7 Å². The molecule has 0 aromatic heterocycles. The topological polar surface area (TPSA) is 18.5 Å². The first kappa shape index (κ1) is 17.1. The Bertz CT molecular complexity index is 1180. The number of rotatable bonds is 3. The normalized spacial score (nSPS) is 16.1. The Morgan fingerprint density at radius 2 is 1.57 bits per heavy atom. The van der Waals surface area contributed by atoms with Gasteiger partial charge >= 0.3 is 0 Å². The minimum Gasteiger partial charge on any atom is -0.493 e. The Morgan fingerprint density at radius 3 is 2.43 bits per heavy atom. The van der Waals surface area contributed by atoms with Crippen molar-refractivity contribution in [1.82, 2.24) is 0 Å². The van der Waals surface area contributed by atoms with Crippen molar-refractivity contribution in [3.05, 3.63) is 83.4 Å². The monoisotopic (exact) mass is 368 g/mol. The number of methoxy groups -OCH3 is 2. The predicted octanol–water partition coefficient (Wildman–Crippen LogP) is 6.28. The lowest BCUT2D eigenvalue weighted by Gasteiger charge is -2.27. The van der Waals surface area contributed by atoms with E-state index in [9.17, 15) is 0 Å². The maximum atomic E-state index is 5.53. The lowest BCUT2D eigenvalue weighted by molar-refractivity contribution is 0.354. The highest BCUT2D eigenvalue weighted by Crippen LogP contribution is 2.40. The Labute approximate surface area is 165 Å². The number of hydrogen-bond donors (Lipinski definition) is 0. The van der Waals surface area contributed by atoms with Gasteiger partial charge in [-0.2, -0.15) is 0 Å². The third-order valence-corrected chi connectivity index (χ3v) is 6.23. The zero-order valence-corrected chi connectivity index (χ0v) is 16.4. The number of aryl methyl sites for hydroxylation is 1. The second-order valence-electron chi connectivity index (χ2n) is 7.64. The molecule has 0 spiro atoms. The van der Waals surface area contributed by atoms with Crippen LogP contribution in [0.1, 0.15) is 29.0 Å². The van der Waals surface area contributed by atoms with Crippen LogP contribution < -0.4 is 9.47 Å². The van der Waals surface area contributed by atoms with Crippen LogP contribution in [0.25, 0.3) is 21.5 Å². The fourth-order valence-corrected chi connectivity index (χ4v) is 4.74. The van der Waals surface area contributed by atoms with E-state index in [1.807, 2.05) is 6.07 Å². The van der Waals surface area contributed by atoms with Crippen molar-refractivity contribution < 1.29 is 9.47 Å². The van der Waals surface area contributed by atoms with Gasteiger partial charge in [-0.15, -0.1) is 0 Å². The van der Waals surface area contributed by atoms with E-state index in [1.165, 1.54) is 44.7 Å². The zero-order chi connectivity index (χ0) is 19.1. The van der Waals surface area contributed by atoms with E-state index in [-0.39, 0.29) is 0 Å². The first-order valence-electron chi connectivity index (χ1n) is 9.92. The summed E-state index contributed by atoms with van der Waals surface area (Å²) >= 11 is 0. The van der Waals surface area contributed by atoms with Crippen molar-refractivity contribution in [1.29, 1.82) is 0 Å². The molecule has 2 heteroatoms. The minimum atomic E-state index is 0.504. The van der Waals surface area contributed by atoms with Gasteiger partial charge in [0.2, 0.25) is 0 Å². The van der Waals surface area contributed by atoms with Crippen molar-refractivity contribution >= 4 is 21.5 Å². The second kappa shape index (κ2) is 6.87. The third kappa shape index (κ3) is 2.72. The molecule has 0 amide bonds. The number of fused-ring (bicyclic) bond motifs is 5. The zero-order valence-electron chi connectivity index (χ0n) is 16.4. The van der Waals surface area contributed by atoms with Crippen molar-refractivity contribution in [2.24, 2.45) is 0 Å². The van der Waals surface area contributed by atoms with Gasteiger partial charge < -0.3 is 9.47 Å². The molecule has 5 rings (SSSR count). The summed E-state index contributed by atoms with van der Waals surface area (Å²) < 4.78 is 10.9.